The monoisotopic (exact) mass is 303 g/mol. The van der Waals surface area contributed by atoms with Crippen molar-refractivity contribution in [3.8, 4) is 0 Å². The SMILES string of the molecule is CCCN(CCC)C(=O)C1(C(=O)NCc2ccncc2)CC1. The van der Waals surface area contributed by atoms with Crippen molar-refractivity contribution in [1.82, 2.24) is 15.2 Å². The Balaban J connectivity index is 1.97. The molecule has 1 fully saturated rings. The van der Waals surface area contributed by atoms with Crippen LogP contribution < -0.4 is 5.32 Å². The third-order valence-electron chi connectivity index (χ3n) is 4.07. The summed E-state index contributed by atoms with van der Waals surface area (Å²) in [7, 11) is 0. The van der Waals surface area contributed by atoms with E-state index in [2.05, 4.69) is 24.1 Å². The molecule has 22 heavy (non-hydrogen) atoms. The van der Waals surface area contributed by atoms with E-state index in [1.807, 2.05) is 17.0 Å². The molecule has 0 bridgehead atoms. The number of amides is 2. The average Bonchev–Trinajstić information content (AvgIpc) is 3.34. The van der Waals surface area contributed by atoms with Crippen molar-refractivity contribution in [3.05, 3.63) is 30.1 Å². The van der Waals surface area contributed by atoms with Crippen LogP contribution in [0.25, 0.3) is 0 Å². The van der Waals surface area contributed by atoms with E-state index in [4.69, 9.17) is 0 Å². The van der Waals surface area contributed by atoms with Gasteiger partial charge in [0.25, 0.3) is 0 Å². The Morgan fingerprint density at radius 2 is 1.77 bits per heavy atom. The average molecular weight is 303 g/mol. The first-order chi connectivity index (χ1) is 10.6. The number of rotatable bonds is 8. The number of nitrogens with one attached hydrogen (secondary N) is 1. The third-order valence-corrected chi connectivity index (χ3v) is 4.07. The summed E-state index contributed by atoms with van der Waals surface area (Å²) < 4.78 is 0. The maximum atomic E-state index is 12.7. The van der Waals surface area contributed by atoms with Gasteiger partial charge in [0.15, 0.2) is 0 Å². The maximum Gasteiger partial charge on any atom is 0.238 e. The molecule has 0 radical (unpaired) electrons. The van der Waals surface area contributed by atoms with Crippen molar-refractivity contribution in [1.29, 1.82) is 0 Å². The van der Waals surface area contributed by atoms with Gasteiger partial charge in [0.2, 0.25) is 11.8 Å². The molecule has 1 aromatic heterocycles. The largest absolute Gasteiger partial charge is 0.351 e. The number of nitrogens with zero attached hydrogens (tertiary/aromatic N) is 2. The fraction of sp³-hybridized carbons (Fsp3) is 0.588. The Morgan fingerprint density at radius 1 is 1.18 bits per heavy atom. The van der Waals surface area contributed by atoms with Crippen LogP contribution in [-0.4, -0.2) is 34.8 Å². The van der Waals surface area contributed by atoms with Gasteiger partial charge in [0, 0.05) is 32.0 Å². The highest BCUT2D eigenvalue weighted by atomic mass is 16.2. The van der Waals surface area contributed by atoms with Crippen molar-refractivity contribution in [2.24, 2.45) is 5.41 Å². The van der Waals surface area contributed by atoms with Gasteiger partial charge in [0.1, 0.15) is 5.41 Å². The fourth-order valence-electron chi connectivity index (χ4n) is 2.67. The zero-order chi connectivity index (χ0) is 16.0. The van der Waals surface area contributed by atoms with Crippen LogP contribution in [0, 0.1) is 5.41 Å². The molecule has 1 saturated carbocycles. The first kappa shape index (κ1) is 16.5. The van der Waals surface area contributed by atoms with Crippen molar-refractivity contribution < 1.29 is 9.59 Å². The Morgan fingerprint density at radius 3 is 2.27 bits per heavy atom. The molecule has 2 amide bonds. The Bertz CT molecular complexity index is 506. The van der Waals surface area contributed by atoms with E-state index in [-0.39, 0.29) is 11.8 Å². The maximum absolute atomic E-state index is 12.7. The molecule has 5 heteroatoms. The summed E-state index contributed by atoms with van der Waals surface area (Å²) in [5, 5.41) is 2.91. The van der Waals surface area contributed by atoms with E-state index < -0.39 is 5.41 Å². The lowest BCUT2D eigenvalue weighted by molar-refractivity contribution is -0.144. The highest BCUT2D eigenvalue weighted by Crippen LogP contribution is 2.47. The van der Waals surface area contributed by atoms with Crippen LogP contribution in [0.4, 0.5) is 0 Å². The summed E-state index contributed by atoms with van der Waals surface area (Å²) in [6.07, 6.45) is 6.56. The van der Waals surface area contributed by atoms with Gasteiger partial charge >= 0.3 is 0 Å². The zero-order valence-electron chi connectivity index (χ0n) is 13.5. The van der Waals surface area contributed by atoms with Crippen LogP contribution in [0.2, 0.25) is 0 Å². The second-order valence-electron chi connectivity index (χ2n) is 5.91. The van der Waals surface area contributed by atoms with E-state index in [0.717, 1.165) is 31.5 Å². The van der Waals surface area contributed by atoms with E-state index in [9.17, 15) is 9.59 Å². The minimum atomic E-state index is -0.808. The number of carbonyl (C=O) groups excluding carboxylic acids is 2. The van der Waals surface area contributed by atoms with Crippen molar-refractivity contribution in [2.75, 3.05) is 13.1 Å². The number of pyridine rings is 1. The van der Waals surface area contributed by atoms with Crippen LogP contribution in [-0.2, 0) is 16.1 Å². The lowest BCUT2D eigenvalue weighted by Crippen LogP contribution is -2.45. The minimum absolute atomic E-state index is 0.00317. The molecule has 0 unspecified atom stereocenters. The normalized spacial score (nSPS) is 15.2. The molecule has 0 aromatic carbocycles. The summed E-state index contributed by atoms with van der Waals surface area (Å²) in [6.45, 7) is 6.01. The molecular weight excluding hydrogens is 278 g/mol. The van der Waals surface area contributed by atoms with Crippen LogP contribution >= 0.6 is 0 Å². The lowest BCUT2D eigenvalue weighted by Gasteiger charge is -2.26. The molecule has 120 valence electrons. The summed E-state index contributed by atoms with van der Waals surface area (Å²) in [5.41, 5.74) is 0.183. The zero-order valence-corrected chi connectivity index (χ0v) is 13.5. The summed E-state index contributed by atoms with van der Waals surface area (Å²) >= 11 is 0. The molecule has 1 aliphatic carbocycles. The quantitative estimate of drug-likeness (QED) is 0.748. The Labute approximate surface area is 132 Å². The van der Waals surface area contributed by atoms with Crippen molar-refractivity contribution in [3.63, 3.8) is 0 Å². The number of aromatic nitrogens is 1. The molecular formula is C17H25N3O2. The van der Waals surface area contributed by atoms with Gasteiger partial charge in [-0.2, -0.15) is 0 Å². The molecule has 1 aromatic rings. The third kappa shape index (κ3) is 3.64. The first-order valence-corrected chi connectivity index (χ1v) is 8.10. The van der Waals surface area contributed by atoms with Gasteiger partial charge in [-0.25, -0.2) is 0 Å². The molecule has 0 spiro atoms. The first-order valence-electron chi connectivity index (χ1n) is 8.10. The Hall–Kier alpha value is -1.91. The minimum Gasteiger partial charge on any atom is -0.351 e. The van der Waals surface area contributed by atoms with Gasteiger partial charge < -0.3 is 10.2 Å². The number of hydrogen-bond acceptors (Lipinski definition) is 3. The van der Waals surface area contributed by atoms with Gasteiger partial charge in [-0.05, 0) is 43.4 Å². The highest BCUT2D eigenvalue weighted by molar-refractivity contribution is 6.07. The predicted octanol–water partition coefficient (Wildman–Crippen LogP) is 2.13. The lowest BCUT2D eigenvalue weighted by atomic mass is 10.0. The van der Waals surface area contributed by atoms with E-state index in [1.165, 1.54) is 0 Å². The van der Waals surface area contributed by atoms with E-state index in [1.54, 1.807) is 12.4 Å². The second-order valence-corrected chi connectivity index (χ2v) is 5.91. The number of hydrogen-bond donors (Lipinski definition) is 1. The van der Waals surface area contributed by atoms with E-state index >= 15 is 0 Å². The van der Waals surface area contributed by atoms with Crippen LogP contribution in [0.15, 0.2) is 24.5 Å². The molecule has 1 heterocycles. The Kier molecular flexibility index (Phi) is 5.52. The number of carbonyl (C=O) groups is 2. The van der Waals surface area contributed by atoms with Crippen LogP contribution in [0.3, 0.4) is 0 Å². The summed E-state index contributed by atoms with van der Waals surface area (Å²) in [5.74, 6) is -0.130. The van der Waals surface area contributed by atoms with Gasteiger partial charge in [-0.1, -0.05) is 13.8 Å². The van der Waals surface area contributed by atoms with E-state index in [0.29, 0.717) is 19.4 Å². The van der Waals surface area contributed by atoms with Crippen LogP contribution in [0.5, 0.6) is 0 Å². The topological polar surface area (TPSA) is 62.3 Å². The smallest absolute Gasteiger partial charge is 0.238 e. The summed E-state index contributed by atoms with van der Waals surface area (Å²) in [4.78, 5) is 31.0. The molecule has 0 atom stereocenters. The van der Waals surface area contributed by atoms with Crippen molar-refractivity contribution in [2.45, 2.75) is 46.1 Å². The highest BCUT2D eigenvalue weighted by Gasteiger charge is 2.57. The molecule has 0 aliphatic heterocycles. The summed E-state index contributed by atoms with van der Waals surface area (Å²) in [6, 6.07) is 3.73. The van der Waals surface area contributed by atoms with Gasteiger partial charge in [-0.3, -0.25) is 14.6 Å². The predicted molar refractivity (Wildman–Crippen MR) is 84.9 cm³/mol. The van der Waals surface area contributed by atoms with Crippen LogP contribution in [0.1, 0.15) is 45.1 Å². The van der Waals surface area contributed by atoms with Gasteiger partial charge in [-0.15, -0.1) is 0 Å². The standard InChI is InChI=1S/C17H25N3O2/c1-3-11-20(12-4-2)16(22)17(7-8-17)15(21)19-13-14-5-9-18-10-6-14/h5-6,9-10H,3-4,7-8,11-13H2,1-2H3,(H,19,21). The molecule has 5 nitrogen and oxygen atoms in total. The molecule has 1 N–H and O–H groups in total. The second kappa shape index (κ2) is 7.38. The van der Waals surface area contributed by atoms with Crippen molar-refractivity contribution >= 4 is 11.8 Å². The molecule has 1 aliphatic rings. The molecule has 0 saturated heterocycles. The molecule has 2 rings (SSSR count). The van der Waals surface area contributed by atoms with Gasteiger partial charge in [0.05, 0.1) is 0 Å². The fourth-order valence-corrected chi connectivity index (χ4v) is 2.67.